The molecule has 0 aliphatic carbocycles. The molecule has 1 rings (SSSR count). The van der Waals surface area contributed by atoms with E-state index < -0.39 is 11.9 Å². The standard InChI is InChI=1S/C13H20F3N3O2/c1-10(2)9-21-7-3-5-17-12(20)8-19-6-4-11(18-19)13(14,15)16/h4,6,10H,3,5,7-9H2,1-2H3,(H,17,20). The number of alkyl halides is 3. The largest absolute Gasteiger partial charge is 0.435 e. The molecule has 1 aromatic rings. The van der Waals surface area contributed by atoms with Crippen LogP contribution in [0.1, 0.15) is 26.0 Å². The molecular weight excluding hydrogens is 287 g/mol. The minimum Gasteiger partial charge on any atom is -0.381 e. The van der Waals surface area contributed by atoms with Crippen LogP contribution in [0.4, 0.5) is 13.2 Å². The number of carbonyl (C=O) groups excluding carboxylic acids is 1. The van der Waals surface area contributed by atoms with E-state index in [1.54, 1.807) is 0 Å². The molecule has 0 spiro atoms. The van der Waals surface area contributed by atoms with E-state index in [0.717, 1.165) is 16.9 Å². The monoisotopic (exact) mass is 307 g/mol. The Hall–Kier alpha value is -1.57. The molecule has 1 heterocycles. The van der Waals surface area contributed by atoms with Gasteiger partial charge in [0.1, 0.15) is 6.54 Å². The number of hydrogen-bond acceptors (Lipinski definition) is 3. The normalized spacial score (nSPS) is 11.9. The quantitative estimate of drug-likeness (QED) is 0.748. The Labute approximate surface area is 121 Å². The zero-order valence-corrected chi connectivity index (χ0v) is 12.1. The first-order valence-corrected chi connectivity index (χ1v) is 6.74. The van der Waals surface area contributed by atoms with Gasteiger partial charge in [-0.2, -0.15) is 18.3 Å². The lowest BCUT2D eigenvalue weighted by atomic mass is 10.2. The molecule has 0 bridgehead atoms. The molecule has 0 saturated heterocycles. The number of carbonyl (C=O) groups is 1. The molecular formula is C13H20F3N3O2. The molecule has 1 amide bonds. The van der Waals surface area contributed by atoms with Crippen molar-refractivity contribution in [1.29, 1.82) is 0 Å². The lowest BCUT2D eigenvalue weighted by molar-refractivity contribution is -0.141. The van der Waals surface area contributed by atoms with Gasteiger partial charge in [0.15, 0.2) is 5.69 Å². The summed E-state index contributed by atoms with van der Waals surface area (Å²) in [6.07, 6.45) is -2.70. The first-order chi connectivity index (χ1) is 9.79. The number of hydrogen-bond donors (Lipinski definition) is 1. The van der Waals surface area contributed by atoms with Crippen molar-refractivity contribution in [1.82, 2.24) is 15.1 Å². The van der Waals surface area contributed by atoms with Crippen LogP contribution < -0.4 is 5.32 Å². The highest BCUT2D eigenvalue weighted by atomic mass is 19.4. The summed E-state index contributed by atoms with van der Waals surface area (Å²) in [6, 6.07) is 0.840. The minimum atomic E-state index is -4.49. The van der Waals surface area contributed by atoms with Crippen LogP contribution in [-0.2, 0) is 22.3 Å². The summed E-state index contributed by atoms with van der Waals surface area (Å²) in [5, 5.41) is 5.91. The average Bonchev–Trinajstić information content (AvgIpc) is 2.81. The Morgan fingerprint density at radius 3 is 2.76 bits per heavy atom. The summed E-state index contributed by atoms with van der Waals surface area (Å²) in [7, 11) is 0. The number of halogens is 3. The summed E-state index contributed by atoms with van der Waals surface area (Å²) in [5.74, 6) is 0.0814. The molecule has 8 heteroatoms. The average molecular weight is 307 g/mol. The molecule has 1 N–H and O–H groups in total. The summed E-state index contributed by atoms with van der Waals surface area (Å²) >= 11 is 0. The van der Waals surface area contributed by atoms with Crippen molar-refractivity contribution in [3.05, 3.63) is 18.0 Å². The second-order valence-corrected chi connectivity index (χ2v) is 5.07. The van der Waals surface area contributed by atoms with E-state index in [9.17, 15) is 18.0 Å². The molecule has 0 saturated carbocycles. The van der Waals surface area contributed by atoms with E-state index in [0.29, 0.717) is 32.1 Å². The number of nitrogens with zero attached hydrogens (tertiary/aromatic N) is 2. The highest BCUT2D eigenvalue weighted by Gasteiger charge is 2.33. The van der Waals surface area contributed by atoms with Gasteiger partial charge in [-0.05, 0) is 18.4 Å². The highest BCUT2D eigenvalue weighted by molar-refractivity contribution is 5.75. The Morgan fingerprint density at radius 1 is 1.48 bits per heavy atom. The topological polar surface area (TPSA) is 56.1 Å². The fourth-order valence-electron chi connectivity index (χ4n) is 1.53. The van der Waals surface area contributed by atoms with Gasteiger partial charge in [-0.3, -0.25) is 9.48 Å². The van der Waals surface area contributed by atoms with Gasteiger partial charge in [0.2, 0.25) is 5.91 Å². The molecule has 0 aromatic carbocycles. The Balaban J connectivity index is 2.20. The van der Waals surface area contributed by atoms with Crippen LogP contribution in [0.3, 0.4) is 0 Å². The maximum atomic E-state index is 12.3. The Morgan fingerprint density at radius 2 is 2.19 bits per heavy atom. The van der Waals surface area contributed by atoms with Crippen molar-refractivity contribution in [2.24, 2.45) is 5.92 Å². The van der Waals surface area contributed by atoms with Crippen LogP contribution in [0.25, 0.3) is 0 Å². The van der Waals surface area contributed by atoms with Gasteiger partial charge >= 0.3 is 6.18 Å². The van der Waals surface area contributed by atoms with Crippen LogP contribution in [0.15, 0.2) is 12.3 Å². The Bertz CT molecular complexity index is 444. The highest BCUT2D eigenvalue weighted by Crippen LogP contribution is 2.27. The van der Waals surface area contributed by atoms with Crippen molar-refractivity contribution in [3.63, 3.8) is 0 Å². The van der Waals surface area contributed by atoms with Crippen LogP contribution in [-0.4, -0.2) is 35.4 Å². The third-order valence-corrected chi connectivity index (χ3v) is 2.48. The number of ether oxygens (including phenoxy) is 1. The first kappa shape index (κ1) is 17.5. The molecule has 21 heavy (non-hydrogen) atoms. The van der Waals surface area contributed by atoms with Gasteiger partial charge in [-0.25, -0.2) is 0 Å². The fourth-order valence-corrected chi connectivity index (χ4v) is 1.53. The zero-order valence-electron chi connectivity index (χ0n) is 12.1. The van der Waals surface area contributed by atoms with Crippen LogP contribution in [0, 0.1) is 5.92 Å². The second-order valence-electron chi connectivity index (χ2n) is 5.07. The SMILES string of the molecule is CC(C)COCCCNC(=O)Cn1ccc(C(F)(F)F)n1. The van der Waals surface area contributed by atoms with Gasteiger partial charge in [-0.1, -0.05) is 13.8 Å². The van der Waals surface area contributed by atoms with Gasteiger partial charge in [0.05, 0.1) is 0 Å². The van der Waals surface area contributed by atoms with E-state index >= 15 is 0 Å². The summed E-state index contributed by atoms with van der Waals surface area (Å²) in [6.45, 7) is 5.48. The van der Waals surface area contributed by atoms with Crippen molar-refractivity contribution in [2.45, 2.75) is 33.0 Å². The number of aromatic nitrogens is 2. The van der Waals surface area contributed by atoms with Crippen molar-refractivity contribution < 1.29 is 22.7 Å². The molecule has 0 unspecified atom stereocenters. The summed E-state index contributed by atoms with van der Waals surface area (Å²) in [5.41, 5.74) is -1.00. The van der Waals surface area contributed by atoms with Crippen LogP contribution in [0.2, 0.25) is 0 Å². The predicted octanol–water partition coefficient (Wildman–Crippen LogP) is 2.08. The smallest absolute Gasteiger partial charge is 0.381 e. The van der Waals surface area contributed by atoms with E-state index in [4.69, 9.17) is 4.74 Å². The number of amides is 1. The van der Waals surface area contributed by atoms with Crippen molar-refractivity contribution >= 4 is 5.91 Å². The molecule has 0 atom stereocenters. The second kappa shape index (κ2) is 8.02. The lowest BCUT2D eigenvalue weighted by Crippen LogP contribution is -2.29. The fraction of sp³-hybridized carbons (Fsp3) is 0.692. The number of rotatable bonds is 8. The zero-order chi connectivity index (χ0) is 15.9. The molecule has 0 fully saturated rings. The van der Waals surface area contributed by atoms with Crippen LogP contribution in [0.5, 0.6) is 0 Å². The van der Waals surface area contributed by atoms with Crippen LogP contribution >= 0.6 is 0 Å². The van der Waals surface area contributed by atoms with Crippen molar-refractivity contribution in [2.75, 3.05) is 19.8 Å². The number of nitrogens with one attached hydrogen (secondary N) is 1. The molecule has 0 aliphatic rings. The van der Waals surface area contributed by atoms with E-state index in [2.05, 4.69) is 10.4 Å². The molecule has 120 valence electrons. The molecule has 0 aliphatic heterocycles. The van der Waals surface area contributed by atoms with E-state index in [-0.39, 0.29) is 12.5 Å². The van der Waals surface area contributed by atoms with Gasteiger partial charge in [0.25, 0.3) is 0 Å². The molecule has 5 nitrogen and oxygen atoms in total. The minimum absolute atomic E-state index is 0.233. The third kappa shape index (κ3) is 7.12. The maximum Gasteiger partial charge on any atom is 0.435 e. The first-order valence-electron chi connectivity index (χ1n) is 6.74. The van der Waals surface area contributed by atoms with Gasteiger partial charge in [0, 0.05) is 26.0 Å². The summed E-state index contributed by atoms with van der Waals surface area (Å²) in [4.78, 5) is 11.5. The van der Waals surface area contributed by atoms with Gasteiger partial charge < -0.3 is 10.1 Å². The molecule has 0 radical (unpaired) electrons. The maximum absolute atomic E-state index is 12.3. The molecule has 1 aromatic heterocycles. The third-order valence-electron chi connectivity index (χ3n) is 2.48. The van der Waals surface area contributed by atoms with Crippen molar-refractivity contribution in [3.8, 4) is 0 Å². The van der Waals surface area contributed by atoms with E-state index in [1.807, 2.05) is 13.8 Å². The summed E-state index contributed by atoms with van der Waals surface area (Å²) < 4.78 is 43.3. The predicted molar refractivity (Wildman–Crippen MR) is 70.5 cm³/mol. The lowest BCUT2D eigenvalue weighted by Gasteiger charge is -2.08. The van der Waals surface area contributed by atoms with Gasteiger partial charge in [-0.15, -0.1) is 0 Å². The van der Waals surface area contributed by atoms with E-state index in [1.165, 1.54) is 0 Å². The Kier molecular flexibility index (Phi) is 6.67.